The van der Waals surface area contributed by atoms with Crippen LogP contribution in [0.2, 0.25) is 0 Å². The van der Waals surface area contributed by atoms with Crippen molar-refractivity contribution in [2.75, 3.05) is 12.8 Å². The second-order valence-electron chi connectivity index (χ2n) is 7.49. The number of hydrogen-bond donors (Lipinski definition) is 1. The van der Waals surface area contributed by atoms with Crippen LogP contribution < -0.4 is 0 Å². The average Bonchev–Trinajstić information content (AvgIpc) is 2.62. The maximum atomic E-state index is 11.7. The number of hydrogen-bond acceptors (Lipinski definition) is 2. The lowest BCUT2D eigenvalue weighted by molar-refractivity contribution is 0.252. The molecular formula is C22H45O3P. The van der Waals surface area contributed by atoms with Gasteiger partial charge in [-0.25, -0.2) is 0 Å². The Labute approximate surface area is 163 Å². The SMILES string of the molecule is CCCCCCCC/C=C\CCCCCCCCOP(=O)(O)CCCC. The molecule has 0 bridgehead atoms. The van der Waals surface area contributed by atoms with Gasteiger partial charge in [-0.15, -0.1) is 0 Å². The van der Waals surface area contributed by atoms with Gasteiger partial charge in [-0.1, -0.05) is 90.2 Å². The van der Waals surface area contributed by atoms with Crippen molar-refractivity contribution in [3.05, 3.63) is 12.2 Å². The summed E-state index contributed by atoms with van der Waals surface area (Å²) in [5.74, 6) is 0. The van der Waals surface area contributed by atoms with Crippen molar-refractivity contribution >= 4 is 7.60 Å². The van der Waals surface area contributed by atoms with Gasteiger partial charge in [-0.05, 0) is 38.5 Å². The largest absolute Gasteiger partial charge is 0.328 e. The van der Waals surface area contributed by atoms with Gasteiger partial charge < -0.3 is 9.42 Å². The van der Waals surface area contributed by atoms with Crippen molar-refractivity contribution in [2.24, 2.45) is 0 Å². The first-order chi connectivity index (χ1) is 12.6. The van der Waals surface area contributed by atoms with Crippen molar-refractivity contribution in [3.63, 3.8) is 0 Å². The standard InChI is InChI=1S/C22H45O3P/c1-3-5-7-8-9-10-11-12-13-14-15-16-17-18-19-20-21-25-26(23,24)22-6-4-2/h12-13H,3-11,14-22H2,1-2H3,(H,23,24)/b13-12-. The number of rotatable bonds is 20. The van der Waals surface area contributed by atoms with Crippen LogP contribution in [0.1, 0.15) is 117 Å². The highest BCUT2D eigenvalue weighted by Gasteiger charge is 2.17. The van der Waals surface area contributed by atoms with Gasteiger partial charge in [0.1, 0.15) is 0 Å². The topological polar surface area (TPSA) is 46.5 Å². The summed E-state index contributed by atoms with van der Waals surface area (Å²) in [7, 11) is -3.31. The Balaban J connectivity index is 3.24. The fourth-order valence-electron chi connectivity index (χ4n) is 2.98. The van der Waals surface area contributed by atoms with Crippen LogP contribution >= 0.6 is 7.60 Å². The molecule has 1 N–H and O–H groups in total. The predicted molar refractivity (Wildman–Crippen MR) is 115 cm³/mol. The van der Waals surface area contributed by atoms with Gasteiger partial charge >= 0.3 is 7.60 Å². The Bertz CT molecular complexity index is 355. The molecule has 0 amide bonds. The molecule has 26 heavy (non-hydrogen) atoms. The van der Waals surface area contributed by atoms with E-state index in [1.807, 2.05) is 6.92 Å². The van der Waals surface area contributed by atoms with Crippen LogP contribution in [0.15, 0.2) is 12.2 Å². The molecule has 0 saturated heterocycles. The molecule has 0 aliphatic carbocycles. The fourth-order valence-corrected chi connectivity index (χ4v) is 4.24. The molecule has 0 saturated carbocycles. The summed E-state index contributed by atoms with van der Waals surface area (Å²) >= 11 is 0. The van der Waals surface area contributed by atoms with Gasteiger partial charge in [0.2, 0.25) is 0 Å². The highest BCUT2D eigenvalue weighted by atomic mass is 31.2. The van der Waals surface area contributed by atoms with Gasteiger partial charge in [-0.3, -0.25) is 4.57 Å². The summed E-state index contributed by atoms with van der Waals surface area (Å²) in [5, 5.41) is 0. The van der Waals surface area contributed by atoms with E-state index < -0.39 is 7.60 Å². The first kappa shape index (κ1) is 25.9. The van der Waals surface area contributed by atoms with E-state index in [2.05, 4.69) is 19.1 Å². The minimum Gasteiger partial charge on any atom is -0.324 e. The third kappa shape index (κ3) is 20.2. The fraction of sp³-hybridized carbons (Fsp3) is 0.909. The van der Waals surface area contributed by atoms with Gasteiger partial charge in [-0.2, -0.15) is 0 Å². The molecule has 0 rings (SSSR count). The molecule has 0 aromatic rings. The predicted octanol–water partition coefficient (Wildman–Crippen LogP) is 8.03. The lowest BCUT2D eigenvalue weighted by Gasteiger charge is -2.11. The normalized spacial score (nSPS) is 14.1. The molecule has 0 aliphatic rings. The Hall–Kier alpha value is -0.110. The van der Waals surface area contributed by atoms with E-state index in [4.69, 9.17) is 4.52 Å². The second kappa shape index (κ2) is 19.6. The molecule has 0 fully saturated rings. The maximum Gasteiger partial charge on any atom is 0.328 e. The monoisotopic (exact) mass is 388 g/mol. The van der Waals surface area contributed by atoms with Gasteiger partial charge in [0, 0.05) is 6.16 Å². The molecule has 0 aromatic heterocycles. The van der Waals surface area contributed by atoms with E-state index in [1.165, 1.54) is 77.0 Å². The van der Waals surface area contributed by atoms with Crippen LogP contribution in [0.25, 0.3) is 0 Å². The molecule has 0 aromatic carbocycles. The summed E-state index contributed by atoms with van der Waals surface area (Å²) in [5.41, 5.74) is 0. The molecule has 0 aliphatic heterocycles. The zero-order chi connectivity index (χ0) is 19.3. The average molecular weight is 389 g/mol. The molecule has 0 spiro atoms. The Morgan fingerprint density at radius 1 is 0.692 bits per heavy atom. The van der Waals surface area contributed by atoms with Crippen LogP contribution in [0.5, 0.6) is 0 Å². The van der Waals surface area contributed by atoms with Gasteiger partial charge in [0.25, 0.3) is 0 Å². The van der Waals surface area contributed by atoms with E-state index in [0.29, 0.717) is 12.8 Å². The lowest BCUT2D eigenvalue weighted by atomic mass is 10.1. The van der Waals surface area contributed by atoms with Crippen LogP contribution in [-0.4, -0.2) is 17.7 Å². The lowest BCUT2D eigenvalue weighted by Crippen LogP contribution is -1.97. The van der Waals surface area contributed by atoms with Gasteiger partial charge in [0.05, 0.1) is 6.61 Å². The number of allylic oxidation sites excluding steroid dienone is 2. The van der Waals surface area contributed by atoms with Crippen LogP contribution in [0.4, 0.5) is 0 Å². The van der Waals surface area contributed by atoms with E-state index in [-0.39, 0.29) is 0 Å². The zero-order valence-electron chi connectivity index (χ0n) is 17.6. The molecule has 0 radical (unpaired) electrons. The summed E-state index contributed by atoms with van der Waals surface area (Å²) in [6.45, 7) is 4.71. The van der Waals surface area contributed by atoms with Gasteiger partial charge in [0.15, 0.2) is 0 Å². The minimum atomic E-state index is -3.31. The van der Waals surface area contributed by atoms with Crippen molar-refractivity contribution in [1.82, 2.24) is 0 Å². The summed E-state index contributed by atoms with van der Waals surface area (Å²) in [4.78, 5) is 9.60. The number of unbranched alkanes of at least 4 members (excludes halogenated alkanes) is 13. The third-order valence-electron chi connectivity index (χ3n) is 4.74. The highest BCUT2D eigenvalue weighted by molar-refractivity contribution is 7.52. The Morgan fingerprint density at radius 3 is 1.69 bits per heavy atom. The maximum absolute atomic E-state index is 11.7. The smallest absolute Gasteiger partial charge is 0.324 e. The molecular weight excluding hydrogens is 343 g/mol. The summed E-state index contributed by atoms with van der Waals surface area (Å²) < 4.78 is 16.8. The van der Waals surface area contributed by atoms with E-state index >= 15 is 0 Å². The first-order valence-electron chi connectivity index (χ1n) is 11.2. The summed E-state index contributed by atoms with van der Waals surface area (Å²) in [6.07, 6.45) is 24.5. The molecule has 4 heteroatoms. The molecule has 1 atom stereocenters. The molecule has 1 unspecified atom stereocenters. The molecule has 3 nitrogen and oxygen atoms in total. The van der Waals surface area contributed by atoms with Crippen LogP contribution in [0, 0.1) is 0 Å². The molecule has 156 valence electrons. The quantitative estimate of drug-likeness (QED) is 0.130. The first-order valence-corrected chi connectivity index (χ1v) is 13.0. The summed E-state index contributed by atoms with van der Waals surface area (Å²) in [6, 6.07) is 0. The second-order valence-corrected chi connectivity index (χ2v) is 9.47. The zero-order valence-corrected chi connectivity index (χ0v) is 18.5. The Kier molecular flexibility index (Phi) is 19.6. The van der Waals surface area contributed by atoms with Crippen LogP contribution in [0.3, 0.4) is 0 Å². The van der Waals surface area contributed by atoms with E-state index in [1.54, 1.807) is 0 Å². The van der Waals surface area contributed by atoms with Crippen molar-refractivity contribution < 1.29 is 14.0 Å². The van der Waals surface area contributed by atoms with Crippen LogP contribution in [-0.2, 0) is 9.09 Å². The van der Waals surface area contributed by atoms with Crippen molar-refractivity contribution in [1.29, 1.82) is 0 Å². The minimum absolute atomic E-state index is 0.301. The van der Waals surface area contributed by atoms with E-state index in [9.17, 15) is 9.46 Å². The van der Waals surface area contributed by atoms with E-state index in [0.717, 1.165) is 25.7 Å². The molecule has 0 heterocycles. The Morgan fingerprint density at radius 2 is 1.15 bits per heavy atom. The third-order valence-corrected chi connectivity index (χ3v) is 6.21. The van der Waals surface area contributed by atoms with Crippen molar-refractivity contribution in [2.45, 2.75) is 117 Å². The highest BCUT2D eigenvalue weighted by Crippen LogP contribution is 2.42. The van der Waals surface area contributed by atoms with Crippen molar-refractivity contribution in [3.8, 4) is 0 Å².